The third kappa shape index (κ3) is 4.01. The molecule has 8 nitrogen and oxygen atoms in total. The van der Waals surface area contributed by atoms with Gasteiger partial charge in [-0.3, -0.25) is 14.4 Å². The molecule has 0 spiro atoms. The number of pyridine rings is 1. The second-order valence-electron chi connectivity index (χ2n) is 8.67. The number of aryl methyl sites for hydroxylation is 2. The molecule has 3 heterocycles. The first-order valence-electron chi connectivity index (χ1n) is 11.5. The minimum atomic E-state index is -0.0679. The van der Waals surface area contributed by atoms with Crippen LogP contribution in [-0.4, -0.2) is 52.1 Å². The van der Waals surface area contributed by atoms with Gasteiger partial charge in [0.15, 0.2) is 0 Å². The number of rotatable bonds is 5. The first-order valence-corrected chi connectivity index (χ1v) is 11.5. The average Bonchev–Trinajstić information content (AvgIpc) is 3.31. The second-order valence-corrected chi connectivity index (χ2v) is 8.67. The Kier molecular flexibility index (Phi) is 5.98. The van der Waals surface area contributed by atoms with Gasteiger partial charge < -0.3 is 10.1 Å². The molecule has 8 heteroatoms. The van der Waals surface area contributed by atoms with Gasteiger partial charge in [0.2, 0.25) is 0 Å². The average molecular weight is 457 g/mol. The Hall–Kier alpha value is -3.78. The predicted molar refractivity (Wildman–Crippen MR) is 132 cm³/mol. The van der Waals surface area contributed by atoms with Crippen molar-refractivity contribution in [2.45, 2.75) is 25.8 Å². The summed E-state index contributed by atoms with van der Waals surface area (Å²) in [5.74, 6) is 1.37. The first kappa shape index (κ1) is 22.0. The van der Waals surface area contributed by atoms with Crippen LogP contribution in [0.15, 0.2) is 54.9 Å². The molecule has 0 unspecified atom stereocenters. The van der Waals surface area contributed by atoms with Gasteiger partial charge in [0.1, 0.15) is 17.3 Å². The molecular weight excluding hydrogens is 428 g/mol. The zero-order valence-electron chi connectivity index (χ0n) is 19.7. The number of hydrogen-bond acceptors (Lipinski definition) is 6. The van der Waals surface area contributed by atoms with Gasteiger partial charge in [-0.15, -0.1) is 5.10 Å². The molecule has 1 fully saturated rings. The molecule has 1 N–H and O–H groups in total. The highest BCUT2D eigenvalue weighted by Crippen LogP contribution is 2.36. The number of nitrogens with zero attached hydrogens (tertiary/aromatic N) is 5. The summed E-state index contributed by atoms with van der Waals surface area (Å²) in [5, 5.41) is 13.5. The summed E-state index contributed by atoms with van der Waals surface area (Å²) in [5.41, 5.74) is 3.35. The number of amides is 1. The lowest BCUT2D eigenvalue weighted by molar-refractivity contribution is 0.0972. The number of nitrogens with one attached hydrogen (secondary N) is 1. The van der Waals surface area contributed by atoms with Gasteiger partial charge in [0.05, 0.1) is 19.3 Å². The van der Waals surface area contributed by atoms with E-state index in [9.17, 15) is 4.79 Å². The molecule has 2 aromatic carbocycles. The van der Waals surface area contributed by atoms with Crippen LogP contribution >= 0.6 is 0 Å². The van der Waals surface area contributed by atoms with Gasteiger partial charge in [-0.25, -0.2) is 4.98 Å². The molecule has 1 aliphatic heterocycles. The van der Waals surface area contributed by atoms with E-state index >= 15 is 0 Å². The van der Waals surface area contributed by atoms with E-state index in [4.69, 9.17) is 9.72 Å². The lowest BCUT2D eigenvalue weighted by Gasteiger charge is -2.35. The maximum Gasteiger partial charge on any atom is 0.259 e. The van der Waals surface area contributed by atoms with E-state index in [-0.39, 0.29) is 11.9 Å². The van der Waals surface area contributed by atoms with Crippen molar-refractivity contribution >= 4 is 22.5 Å². The normalized spacial score (nSPS) is 15.9. The second kappa shape index (κ2) is 9.23. The molecule has 5 rings (SSSR count). The molecule has 1 amide bonds. The number of methoxy groups -OCH3 is 1. The van der Waals surface area contributed by atoms with E-state index in [0.29, 0.717) is 11.4 Å². The minimum absolute atomic E-state index is 0.00428. The van der Waals surface area contributed by atoms with Crippen LogP contribution in [0.1, 0.15) is 28.8 Å². The molecule has 1 aliphatic rings. The lowest BCUT2D eigenvalue weighted by Crippen LogP contribution is -2.49. The Balaban J connectivity index is 1.59. The van der Waals surface area contributed by atoms with E-state index < -0.39 is 0 Å². The summed E-state index contributed by atoms with van der Waals surface area (Å²) >= 11 is 0. The van der Waals surface area contributed by atoms with E-state index in [2.05, 4.69) is 15.6 Å². The number of carbonyl (C=O) groups is 1. The Bertz CT molecular complexity index is 1330. The number of benzene rings is 2. The standard InChI is InChI=1S/C26H28N6O2/c1-17-6-11-23(34-3)21-12-14-28-25(24(17)21)32(20-5-4-13-27-15-20)26(33)19-9-7-18(8-10-19)22-16-31(2)30-29-22/h6-12,14,16,20,27H,4-5,13,15H2,1-3H3/t20-/m1/s1. The number of carbonyl (C=O) groups excluding carboxylic acids is 1. The number of anilines is 1. The maximum absolute atomic E-state index is 14.0. The van der Waals surface area contributed by atoms with Crippen LogP contribution in [0.25, 0.3) is 22.0 Å². The Morgan fingerprint density at radius 1 is 1.18 bits per heavy atom. The molecule has 1 atom stereocenters. The molecule has 0 aliphatic carbocycles. The van der Waals surface area contributed by atoms with E-state index in [0.717, 1.165) is 59.3 Å². The Morgan fingerprint density at radius 3 is 2.68 bits per heavy atom. The lowest BCUT2D eigenvalue weighted by atomic mass is 10.0. The molecule has 4 aromatic rings. The number of ether oxygens (including phenoxy) is 1. The SMILES string of the molecule is COc1ccc(C)c2c(N(C(=O)c3ccc(-c4cn(C)nn4)cc3)[C@@H]3CCCNC3)nccc12. The number of aromatic nitrogens is 4. The smallest absolute Gasteiger partial charge is 0.259 e. The van der Waals surface area contributed by atoms with Crippen molar-refractivity contribution in [3.63, 3.8) is 0 Å². The van der Waals surface area contributed by atoms with Crippen molar-refractivity contribution in [1.29, 1.82) is 0 Å². The summed E-state index contributed by atoms with van der Waals surface area (Å²) in [6.07, 6.45) is 5.53. The fraction of sp³-hybridized carbons (Fsp3) is 0.308. The minimum Gasteiger partial charge on any atom is -0.496 e. The summed E-state index contributed by atoms with van der Waals surface area (Å²) in [7, 11) is 3.50. The summed E-state index contributed by atoms with van der Waals surface area (Å²) in [4.78, 5) is 20.6. The van der Waals surface area contributed by atoms with Crippen molar-refractivity contribution < 1.29 is 9.53 Å². The van der Waals surface area contributed by atoms with Crippen LogP contribution in [0, 0.1) is 6.92 Å². The highest BCUT2D eigenvalue weighted by atomic mass is 16.5. The van der Waals surface area contributed by atoms with Crippen LogP contribution in [0.5, 0.6) is 5.75 Å². The summed E-state index contributed by atoms with van der Waals surface area (Å²) in [6.45, 7) is 3.73. The summed E-state index contributed by atoms with van der Waals surface area (Å²) in [6, 6.07) is 13.5. The van der Waals surface area contributed by atoms with Gasteiger partial charge in [-0.05, 0) is 56.1 Å². The predicted octanol–water partition coefficient (Wildman–Crippen LogP) is 3.75. The van der Waals surface area contributed by atoms with Crippen LogP contribution in [0.4, 0.5) is 5.82 Å². The van der Waals surface area contributed by atoms with Crippen LogP contribution in [0.2, 0.25) is 0 Å². The van der Waals surface area contributed by atoms with E-state index in [1.54, 1.807) is 18.0 Å². The summed E-state index contributed by atoms with van der Waals surface area (Å²) < 4.78 is 7.27. The van der Waals surface area contributed by atoms with Gasteiger partial charge >= 0.3 is 0 Å². The van der Waals surface area contributed by atoms with Gasteiger partial charge in [0.25, 0.3) is 5.91 Å². The zero-order chi connectivity index (χ0) is 23.7. The Labute approximate surface area is 198 Å². The molecule has 34 heavy (non-hydrogen) atoms. The highest BCUT2D eigenvalue weighted by molar-refractivity contribution is 6.11. The van der Waals surface area contributed by atoms with Crippen molar-refractivity contribution in [3.05, 3.63) is 66.0 Å². The fourth-order valence-electron chi connectivity index (χ4n) is 4.67. The van der Waals surface area contributed by atoms with Crippen LogP contribution < -0.4 is 15.0 Å². The van der Waals surface area contributed by atoms with E-state index in [1.807, 2.05) is 67.5 Å². The first-order chi connectivity index (χ1) is 16.6. The van der Waals surface area contributed by atoms with Crippen LogP contribution in [-0.2, 0) is 7.05 Å². The van der Waals surface area contributed by atoms with Crippen molar-refractivity contribution in [3.8, 4) is 17.0 Å². The molecular formula is C26H28N6O2. The van der Waals surface area contributed by atoms with Crippen LogP contribution in [0.3, 0.4) is 0 Å². The molecule has 1 saturated heterocycles. The topological polar surface area (TPSA) is 85.2 Å². The third-order valence-corrected chi connectivity index (χ3v) is 6.41. The van der Waals surface area contributed by atoms with Gasteiger partial charge in [-0.1, -0.05) is 23.4 Å². The quantitative estimate of drug-likeness (QED) is 0.492. The zero-order valence-corrected chi connectivity index (χ0v) is 19.7. The van der Waals surface area contributed by atoms with Crippen molar-refractivity contribution in [2.75, 3.05) is 25.1 Å². The maximum atomic E-state index is 14.0. The highest BCUT2D eigenvalue weighted by Gasteiger charge is 2.30. The Morgan fingerprint density at radius 2 is 2.00 bits per heavy atom. The molecule has 174 valence electrons. The molecule has 0 saturated carbocycles. The number of piperidine rings is 1. The van der Waals surface area contributed by atoms with Gasteiger partial charge in [-0.2, -0.15) is 0 Å². The fourth-order valence-corrected chi connectivity index (χ4v) is 4.67. The largest absolute Gasteiger partial charge is 0.496 e. The molecule has 0 bridgehead atoms. The van der Waals surface area contributed by atoms with Crippen molar-refractivity contribution in [1.82, 2.24) is 25.3 Å². The monoisotopic (exact) mass is 456 g/mol. The van der Waals surface area contributed by atoms with Gasteiger partial charge in [0, 0.05) is 41.7 Å². The third-order valence-electron chi connectivity index (χ3n) is 6.41. The molecule has 0 radical (unpaired) electrons. The molecule has 2 aromatic heterocycles. The van der Waals surface area contributed by atoms with Crippen molar-refractivity contribution in [2.24, 2.45) is 7.05 Å². The number of fused-ring (bicyclic) bond motifs is 1. The number of hydrogen-bond donors (Lipinski definition) is 1. The van der Waals surface area contributed by atoms with E-state index in [1.165, 1.54) is 0 Å².